The van der Waals surface area contributed by atoms with Crippen LogP contribution in [0, 0.1) is 0 Å². The van der Waals surface area contributed by atoms with Crippen molar-refractivity contribution in [2.24, 2.45) is 0 Å². The minimum Gasteiger partial charge on any atom is -0.457 e. The summed E-state index contributed by atoms with van der Waals surface area (Å²) >= 11 is 1.90. The van der Waals surface area contributed by atoms with Crippen LogP contribution in [0.5, 0.6) is 11.5 Å². The minimum atomic E-state index is 0.888. The number of ether oxygens (including phenoxy) is 1. The Morgan fingerprint density at radius 1 is 0.944 bits per heavy atom. The molecule has 0 aliphatic rings. The molecule has 0 fully saturated rings. The molecule has 0 amide bonds. The first-order chi connectivity index (χ1) is 8.88. The van der Waals surface area contributed by atoms with E-state index in [9.17, 15) is 0 Å². The van der Waals surface area contributed by atoms with E-state index in [0.29, 0.717) is 0 Å². The van der Waals surface area contributed by atoms with Crippen molar-refractivity contribution in [2.75, 3.05) is 12.0 Å². The van der Waals surface area contributed by atoms with Crippen molar-refractivity contribution in [3.05, 3.63) is 60.2 Å². The van der Waals surface area contributed by atoms with E-state index in [1.807, 2.05) is 48.2 Å². The number of aryl methyl sites for hydroxylation is 1. The van der Waals surface area contributed by atoms with Gasteiger partial charge in [-0.15, -0.1) is 0 Å². The van der Waals surface area contributed by atoms with E-state index < -0.39 is 0 Å². The van der Waals surface area contributed by atoms with Crippen molar-refractivity contribution < 1.29 is 4.74 Å². The van der Waals surface area contributed by atoms with Crippen LogP contribution in [-0.4, -0.2) is 12.0 Å². The first-order valence-corrected chi connectivity index (χ1v) is 7.58. The van der Waals surface area contributed by atoms with E-state index in [0.717, 1.165) is 17.9 Å². The van der Waals surface area contributed by atoms with Crippen molar-refractivity contribution in [3.8, 4) is 11.5 Å². The quantitative estimate of drug-likeness (QED) is 0.690. The molecule has 2 aromatic carbocycles. The summed E-state index contributed by atoms with van der Waals surface area (Å²) in [5.41, 5.74) is 1.34. The molecule has 0 spiro atoms. The van der Waals surface area contributed by atoms with Crippen LogP contribution in [0.3, 0.4) is 0 Å². The lowest BCUT2D eigenvalue weighted by Gasteiger charge is -2.07. The van der Waals surface area contributed by atoms with Gasteiger partial charge in [-0.05, 0) is 54.7 Å². The Kier molecular flexibility index (Phi) is 5.15. The molecule has 18 heavy (non-hydrogen) atoms. The normalized spacial score (nSPS) is 10.3. The number of para-hydroxylation sites is 1. The molecule has 0 unspecified atom stereocenters. The summed E-state index contributed by atoms with van der Waals surface area (Å²) in [6, 6.07) is 18.3. The third-order valence-corrected chi connectivity index (χ3v) is 3.39. The van der Waals surface area contributed by atoms with E-state index in [2.05, 4.69) is 24.5 Å². The van der Waals surface area contributed by atoms with Gasteiger partial charge in [0.15, 0.2) is 0 Å². The van der Waals surface area contributed by atoms with Crippen molar-refractivity contribution in [1.29, 1.82) is 0 Å². The molecule has 0 heterocycles. The van der Waals surface area contributed by atoms with E-state index in [4.69, 9.17) is 4.74 Å². The highest BCUT2D eigenvalue weighted by atomic mass is 32.2. The Bertz CT molecular complexity index is 468. The largest absolute Gasteiger partial charge is 0.457 e. The molecule has 94 valence electrons. The molecule has 2 heteroatoms. The van der Waals surface area contributed by atoms with Gasteiger partial charge >= 0.3 is 0 Å². The van der Waals surface area contributed by atoms with Gasteiger partial charge < -0.3 is 4.74 Å². The summed E-state index contributed by atoms with van der Waals surface area (Å²) in [4.78, 5) is 0. The zero-order chi connectivity index (χ0) is 12.6. The molecule has 0 N–H and O–H groups in total. The summed E-state index contributed by atoms with van der Waals surface area (Å²) in [5.74, 6) is 3.02. The topological polar surface area (TPSA) is 9.23 Å². The van der Waals surface area contributed by atoms with Crippen molar-refractivity contribution in [2.45, 2.75) is 12.8 Å². The fourth-order valence-corrected chi connectivity index (χ4v) is 2.24. The molecule has 0 aliphatic carbocycles. The van der Waals surface area contributed by atoms with E-state index in [1.165, 1.54) is 17.7 Å². The van der Waals surface area contributed by atoms with Crippen molar-refractivity contribution >= 4 is 11.8 Å². The summed E-state index contributed by atoms with van der Waals surface area (Å²) in [6.45, 7) is 0. The number of hydrogen-bond donors (Lipinski definition) is 0. The molecule has 0 radical (unpaired) electrons. The van der Waals surface area contributed by atoms with Crippen LogP contribution in [-0.2, 0) is 6.42 Å². The average Bonchev–Trinajstić information content (AvgIpc) is 2.41. The number of thioether (sulfide) groups is 1. The molecule has 0 saturated heterocycles. The van der Waals surface area contributed by atoms with Crippen LogP contribution in [0.1, 0.15) is 12.0 Å². The standard InChI is InChI=1S/C16H18OS/c1-18-12-6-8-14-7-5-11-16(13-14)17-15-9-3-2-4-10-15/h2-5,7,9-11,13H,6,8,12H2,1H3. The Morgan fingerprint density at radius 2 is 1.72 bits per heavy atom. The molecule has 0 bridgehead atoms. The average molecular weight is 258 g/mol. The summed E-state index contributed by atoms with van der Waals surface area (Å²) in [5, 5.41) is 0. The zero-order valence-corrected chi connectivity index (χ0v) is 11.5. The minimum absolute atomic E-state index is 0.888. The van der Waals surface area contributed by atoms with Crippen molar-refractivity contribution in [3.63, 3.8) is 0 Å². The third-order valence-electron chi connectivity index (χ3n) is 2.69. The van der Waals surface area contributed by atoms with Crippen molar-refractivity contribution in [1.82, 2.24) is 0 Å². The second-order valence-corrected chi connectivity index (χ2v) is 5.14. The first kappa shape index (κ1) is 13.0. The predicted octanol–water partition coefficient (Wildman–Crippen LogP) is 4.77. The van der Waals surface area contributed by atoms with Crippen LogP contribution in [0.2, 0.25) is 0 Å². The lowest BCUT2D eigenvalue weighted by molar-refractivity contribution is 0.482. The summed E-state index contributed by atoms with van der Waals surface area (Å²) < 4.78 is 5.82. The van der Waals surface area contributed by atoms with E-state index >= 15 is 0 Å². The number of rotatable bonds is 6. The third kappa shape index (κ3) is 4.11. The molecule has 1 nitrogen and oxygen atoms in total. The summed E-state index contributed by atoms with van der Waals surface area (Å²) in [7, 11) is 0. The number of benzene rings is 2. The van der Waals surface area contributed by atoms with Gasteiger partial charge in [-0.25, -0.2) is 0 Å². The molecule has 0 saturated carbocycles. The fraction of sp³-hybridized carbons (Fsp3) is 0.250. The highest BCUT2D eigenvalue weighted by Gasteiger charge is 1.99. The molecular weight excluding hydrogens is 240 g/mol. The van der Waals surface area contributed by atoms with E-state index in [1.54, 1.807) is 0 Å². The van der Waals surface area contributed by atoms with Crippen LogP contribution in [0.4, 0.5) is 0 Å². The van der Waals surface area contributed by atoms with Gasteiger partial charge in [-0.1, -0.05) is 30.3 Å². The van der Waals surface area contributed by atoms with Crippen LogP contribution < -0.4 is 4.74 Å². The molecule has 0 atom stereocenters. The molecular formula is C16H18OS. The Labute approximate surface area is 113 Å². The Morgan fingerprint density at radius 3 is 2.50 bits per heavy atom. The van der Waals surface area contributed by atoms with Gasteiger partial charge in [0.1, 0.15) is 11.5 Å². The Balaban J connectivity index is 1.99. The second kappa shape index (κ2) is 7.12. The van der Waals surface area contributed by atoms with Gasteiger partial charge in [0.25, 0.3) is 0 Å². The van der Waals surface area contributed by atoms with Gasteiger partial charge in [-0.3, -0.25) is 0 Å². The zero-order valence-electron chi connectivity index (χ0n) is 10.6. The maximum absolute atomic E-state index is 5.82. The van der Waals surface area contributed by atoms with Crippen LogP contribution >= 0.6 is 11.8 Å². The lowest BCUT2D eigenvalue weighted by atomic mass is 10.1. The molecule has 2 rings (SSSR count). The second-order valence-electron chi connectivity index (χ2n) is 4.16. The predicted molar refractivity (Wildman–Crippen MR) is 79.7 cm³/mol. The Hall–Kier alpha value is -1.41. The SMILES string of the molecule is CSCCCc1cccc(Oc2ccccc2)c1. The van der Waals surface area contributed by atoms with Gasteiger partial charge in [0, 0.05) is 0 Å². The lowest BCUT2D eigenvalue weighted by Crippen LogP contribution is -1.89. The monoisotopic (exact) mass is 258 g/mol. The number of hydrogen-bond acceptors (Lipinski definition) is 2. The molecule has 0 aliphatic heterocycles. The van der Waals surface area contributed by atoms with Gasteiger partial charge in [0.05, 0.1) is 0 Å². The van der Waals surface area contributed by atoms with Gasteiger partial charge in [0.2, 0.25) is 0 Å². The maximum atomic E-state index is 5.82. The van der Waals surface area contributed by atoms with Gasteiger partial charge in [-0.2, -0.15) is 11.8 Å². The molecule has 2 aromatic rings. The molecule has 0 aromatic heterocycles. The van der Waals surface area contributed by atoms with E-state index in [-0.39, 0.29) is 0 Å². The van der Waals surface area contributed by atoms with Crippen LogP contribution in [0.15, 0.2) is 54.6 Å². The smallest absolute Gasteiger partial charge is 0.127 e. The highest BCUT2D eigenvalue weighted by Crippen LogP contribution is 2.22. The van der Waals surface area contributed by atoms with Crippen LogP contribution in [0.25, 0.3) is 0 Å². The maximum Gasteiger partial charge on any atom is 0.127 e. The fourth-order valence-electron chi connectivity index (χ4n) is 1.81. The highest BCUT2D eigenvalue weighted by molar-refractivity contribution is 7.98. The first-order valence-electron chi connectivity index (χ1n) is 6.19. The summed E-state index contributed by atoms with van der Waals surface area (Å²) in [6.07, 6.45) is 4.48.